The highest BCUT2D eigenvalue weighted by atomic mass is 16.6. The van der Waals surface area contributed by atoms with Crippen molar-refractivity contribution in [2.45, 2.75) is 58.3 Å². The minimum atomic E-state index is -0.687. The Morgan fingerprint density at radius 3 is 2.68 bits per heavy atom. The van der Waals surface area contributed by atoms with E-state index < -0.39 is 24.3 Å². The first kappa shape index (κ1) is 13.1. The summed E-state index contributed by atoms with van der Waals surface area (Å²) in [4.78, 5) is 11.7. The van der Waals surface area contributed by atoms with Crippen LogP contribution in [-0.4, -0.2) is 34.5 Å². The Kier molecular flexibility index (Phi) is 2.81. The number of aliphatic hydroxyl groups is 2. The first-order valence-corrected chi connectivity index (χ1v) is 7.16. The van der Waals surface area contributed by atoms with Crippen molar-refractivity contribution in [3.63, 3.8) is 0 Å². The van der Waals surface area contributed by atoms with Crippen molar-refractivity contribution in [3.05, 3.63) is 11.1 Å². The Morgan fingerprint density at radius 2 is 2.00 bits per heavy atom. The highest BCUT2D eigenvalue weighted by Crippen LogP contribution is 2.56. The number of carbonyl (C=O) groups is 1. The van der Waals surface area contributed by atoms with Crippen LogP contribution < -0.4 is 0 Å². The molecule has 19 heavy (non-hydrogen) atoms. The molecule has 2 fully saturated rings. The molecule has 0 aromatic rings. The molecule has 0 saturated heterocycles. The molecule has 0 unspecified atom stereocenters. The van der Waals surface area contributed by atoms with Gasteiger partial charge >= 0.3 is 5.97 Å². The van der Waals surface area contributed by atoms with Gasteiger partial charge in [0.15, 0.2) is 6.10 Å². The summed E-state index contributed by atoms with van der Waals surface area (Å²) < 4.78 is 5.27. The molecule has 6 atom stereocenters. The van der Waals surface area contributed by atoms with Crippen molar-refractivity contribution in [3.8, 4) is 0 Å². The highest BCUT2D eigenvalue weighted by molar-refractivity contribution is 5.92. The molecule has 2 aliphatic carbocycles. The summed E-state index contributed by atoms with van der Waals surface area (Å²) in [6, 6.07) is 0. The Hall–Kier alpha value is -0.870. The van der Waals surface area contributed by atoms with E-state index in [1.54, 1.807) is 6.92 Å². The van der Waals surface area contributed by atoms with Crippen molar-refractivity contribution in [1.82, 2.24) is 0 Å². The molecule has 0 bridgehead atoms. The number of carbonyl (C=O) groups excluding carboxylic acids is 1. The predicted octanol–water partition coefficient (Wildman–Crippen LogP) is 1.41. The molecule has 0 aromatic carbocycles. The van der Waals surface area contributed by atoms with Crippen LogP contribution in [0.25, 0.3) is 0 Å². The lowest BCUT2D eigenvalue weighted by Gasteiger charge is -2.55. The van der Waals surface area contributed by atoms with Crippen LogP contribution in [0.4, 0.5) is 0 Å². The minimum Gasteiger partial charge on any atom is -0.452 e. The number of esters is 1. The molecule has 0 aromatic heterocycles. The molecule has 3 rings (SSSR count). The van der Waals surface area contributed by atoms with Crippen molar-refractivity contribution in [2.24, 2.45) is 17.3 Å². The smallest absolute Gasteiger partial charge is 0.334 e. The first-order chi connectivity index (χ1) is 8.89. The summed E-state index contributed by atoms with van der Waals surface area (Å²) in [5.74, 6) is -0.0699. The summed E-state index contributed by atoms with van der Waals surface area (Å²) in [7, 11) is 0. The van der Waals surface area contributed by atoms with Gasteiger partial charge in [0.25, 0.3) is 0 Å². The van der Waals surface area contributed by atoms with Gasteiger partial charge in [-0.3, -0.25) is 0 Å². The normalized spacial score (nSPS) is 49.7. The zero-order valence-electron chi connectivity index (χ0n) is 11.7. The number of fused-ring (bicyclic) bond motifs is 2. The molecule has 4 nitrogen and oxygen atoms in total. The third-order valence-corrected chi connectivity index (χ3v) is 5.90. The van der Waals surface area contributed by atoms with Crippen LogP contribution in [0.2, 0.25) is 0 Å². The fourth-order valence-corrected chi connectivity index (χ4v) is 4.40. The van der Waals surface area contributed by atoms with Crippen molar-refractivity contribution < 1.29 is 19.7 Å². The fourth-order valence-electron chi connectivity index (χ4n) is 4.40. The first-order valence-electron chi connectivity index (χ1n) is 7.16. The molecule has 3 aliphatic rings. The standard InChI is InChI=1S/C15H22O4/c1-7-5-4-6-9-11(16)12-10(8(2)14(18)19-12)13(17)15(7,9)3/h7,9,11-13,16-17H,4-6H2,1-3H3/t7-,9+,11-,12+,13-,15+/m0/s1. The van der Waals surface area contributed by atoms with Crippen LogP contribution in [0.5, 0.6) is 0 Å². The number of hydrogen-bond acceptors (Lipinski definition) is 4. The second kappa shape index (κ2) is 4.06. The van der Waals surface area contributed by atoms with Gasteiger partial charge in [0.05, 0.1) is 12.2 Å². The van der Waals surface area contributed by atoms with Gasteiger partial charge in [-0.1, -0.05) is 26.7 Å². The quantitative estimate of drug-likeness (QED) is 0.651. The third kappa shape index (κ3) is 1.50. The second-order valence-corrected chi connectivity index (χ2v) is 6.60. The molecule has 2 saturated carbocycles. The van der Waals surface area contributed by atoms with Crippen molar-refractivity contribution >= 4 is 5.97 Å². The Balaban J connectivity index is 2.10. The van der Waals surface area contributed by atoms with E-state index in [0.29, 0.717) is 17.1 Å². The van der Waals surface area contributed by atoms with E-state index in [1.165, 1.54) is 0 Å². The summed E-state index contributed by atoms with van der Waals surface area (Å²) >= 11 is 0. The van der Waals surface area contributed by atoms with E-state index >= 15 is 0 Å². The molecular weight excluding hydrogens is 244 g/mol. The summed E-state index contributed by atoms with van der Waals surface area (Å²) in [5, 5.41) is 21.4. The van der Waals surface area contributed by atoms with Gasteiger partial charge in [0, 0.05) is 16.6 Å². The van der Waals surface area contributed by atoms with Gasteiger partial charge in [-0.15, -0.1) is 0 Å². The van der Waals surface area contributed by atoms with Crippen LogP contribution in [0.3, 0.4) is 0 Å². The van der Waals surface area contributed by atoms with Crippen LogP contribution in [-0.2, 0) is 9.53 Å². The molecule has 2 N–H and O–H groups in total. The van der Waals surface area contributed by atoms with Crippen molar-refractivity contribution in [1.29, 1.82) is 0 Å². The van der Waals surface area contributed by atoms with E-state index in [9.17, 15) is 15.0 Å². The minimum absolute atomic E-state index is 0.00120. The van der Waals surface area contributed by atoms with E-state index in [0.717, 1.165) is 19.3 Å². The Labute approximate surface area is 113 Å². The lowest BCUT2D eigenvalue weighted by Crippen LogP contribution is -2.60. The molecule has 4 heteroatoms. The molecule has 1 aliphatic heterocycles. The zero-order valence-corrected chi connectivity index (χ0v) is 11.7. The van der Waals surface area contributed by atoms with Gasteiger partial charge < -0.3 is 14.9 Å². The average molecular weight is 266 g/mol. The Morgan fingerprint density at radius 1 is 1.32 bits per heavy atom. The average Bonchev–Trinajstić information content (AvgIpc) is 2.67. The maximum Gasteiger partial charge on any atom is 0.334 e. The second-order valence-electron chi connectivity index (χ2n) is 6.60. The third-order valence-electron chi connectivity index (χ3n) is 5.90. The van der Waals surface area contributed by atoms with E-state index in [2.05, 4.69) is 13.8 Å². The summed E-state index contributed by atoms with van der Waals surface area (Å²) in [5.41, 5.74) is 0.734. The lowest BCUT2D eigenvalue weighted by atomic mass is 9.52. The van der Waals surface area contributed by atoms with Gasteiger partial charge in [-0.25, -0.2) is 4.79 Å². The van der Waals surface area contributed by atoms with Gasteiger partial charge in [0.1, 0.15) is 0 Å². The molecule has 0 amide bonds. The van der Waals surface area contributed by atoms with Crippen LogP contribution in [0.1, 0.15) is 40.0 Å². The number of rotatable bonds is 0. The topological polar surface area (TPSA) is 66.8 Å². The molecule has 0 radical (unpaired) electrons. The van der Waals surface area contributed by atoms with Crippen LogP contribution in [0, 0.1) is 17.3 Å². The number of aliphatic hydroxyl groups excluding tert-OH is 2. The number of ether oxygens (including phenoxy) is 1. The zero-order chi connectivity index (χ0) is 13.9. The predicted molar refractivity (Wildman–Crippen MR) is 69.2 cm³/mol. The number of hydrogen-bond donors (Lipinski definition) is 2. The highest BCUT2D eigenvalue weighted by Gasteiger charge is 2.60. The monoisotopic (exact) mass is 266 g/mol. The van der Waals surface area contributed by atoms with Crippen LogP contribution >= 0.6 is 0 Å². The summed E-state index contributed by atoms with van der Waals surface area (Å²) in [6.07, 6.45) is 0.998. The maximum atomic E-state index is 11.7. The van der Waals surface area contributed by atoms with Crippen LogP contribution in [0.15, 0.2) is 11.1 Å². The SMILES string of the molecule is CC1=C2[C@@H](OC1=O)[C@@H](O)[C@H]1CCC[C@H](C)[C@@]1(C)[C@H]2O. The Bertz CT molecular complexity index is 455. The molecule has 0 spiro atoms. The lowest BCUT2D eigenvalue weighted by molar-refractivity contribution is -0.171. The molecule has 106 valence electrons. The molecular formula is C15H22O4. The van der Waals surface area contributed by atoms with E-state index in [-0.39, 0.29) is 11.3 Å². The van der Waals surface area contributed by atoms with E-state index in [4.69, 9.17) is 4.74 Å². The maximum absolute atomic E-state index is 11.7. The van der Waals surface area contributed by atoms with Gasteiger partial charge in [0.2, 0.25) is 0 Å². The van der Waals surface area contributed by atoms with Crippen molar-refractivity contribution in [2.75, 3.05) is 0 Å². The molecule has 1 heterocycles. The van der Waals surface area contributed by atoms with E-state index in [1.807, 2.05) is 0 Å². The largest absolute Gasteiger partial charge is 0.452 e. The van der Waals surface area contributed by atoms with Gasteiger partial charge in [-0.2, -0.15) is 0 Å². The summed E-state index contributed by atoms with van der Waals surface area (Å²) in [6.45, 7) is 5.87. The van der Waals surface area contributed by atoms with Gasteiger partial charge in [-0.05, 0) is 25.2 Å². The fraction of sp³-hybridized carbons (Fsp3) is 0.800.